The van der Waals surface area contributed by atoms with Gasteiger partial charge in [0.25, 0.3) is 0 Å². The first-order chi connectivity index (χ1) is 13.6. The number of fused-ring (bicyclic) bond motifs is 1. The van der Waals surface area contributed by atoms with Crippen LogP contribution in [0.15, 0.2) is 42.5 Å². The summed E-state index contributed by atoms with van der Waals surface area (Å²) in [6.45, 7) is 3.63. The molecule has 28 heavy (non-hydrogen) atoms. The smallest absolute Gasteiger partial charge is 0.225 e. The first-order valence-corrected chi connectivity index (χ1v) is 9.74. The van der Waals surface area contributed by atoms with Crippen LogP contribution < -0.4 is 9.64 Å². The minimum absolute atomic E-state index is 0.125. The van der Waals surface area contributed by atoms with E-state index in [0.717, 1.165) is 42.1 Å². The zero-order valence-corrected chi connectivity index (χ0v) is 16.1. The van der Waals surface area contributed by atoms with Gasteiger partial charge in [0, 0.05) is 31.9 Å². The molecule has 0 bridgehead atoms. The molecule has 2 aromatic rings. The lowest BCUT2D eigenvalue weighted by molar-refractivity contribution is -0.135. The summed E-state index contributed by atoms with van der Waals surface area (Å²) in [6, 6.07) is 13.4. The standard InChI is InChI=1S/C22H26N2O4/c1-27-19-5-2-17(3-6-19)23-9-11-24(12-10-23)22(26)15-21-20-7-4-18(25)14-16(20)8-13-28-21/h2-7,14,21,25H,8-13,15H2,1H3. The fourth-order valence-corrected chi connectivity index (χ4v) is 3.99. The predicted molar refractivity (Wildman–Crippen MR) is 107 cm³/mol. The van der Waals surface area contributed by atoms with E-state index in [2.05, 4.69) is 17.0 Å². The largest absolute Gasteiger partial charge is 0.508 e. The van der Waals surface area contributed by atoms with E-state index < -0.39 is 0 Å². The van der Waals surface area contributed by atoms with Crippen LogP contribution in [-0.4, -0.2) is 55.8 Å². The summed E-state index contributed by atoms with van der Waals surface area (Å²) in [7, 11) is 1.66. The second-order valence-corrected chi connectivity index (χ2v) is 7.26. The molecule has 0 spiro atoms. The van der Waals surface area contributed by atoms with Crippen molar-refractivity contribution in [3.05, 3.63) is 53.6 Å². The van der Waals surface area contributed by atoms with E-state index in [0.29, 0.717) is 26.1 Å². The number of benzene rings is 2. The van der Waals surface area contributed by atoms with E-state index in [-0.39, 0.29) is 17.8 Å². The number of phenols is 1. The van der Waals surface area contributed by atoms with Crippen molar-refractivity contribution < 1.29 is 19.4 Å². The van der Waals surface area contributed by atoms with E-state index >= 15 is 0 Å². The van der Waals surface area contributed by atoms with Gasteiger partial charge in [-0.25, -0.2) is 0 Å². The van der Waals surface area contributed by atoms with Gasteiger partial charge in [-0.2, -0.15) is 0 Å². The van der Waals surface area contributed by atoms with E-state index in [4.69, 9.17) is 9.47 Å². The van der Waals surface area contributed by atoms with E-state index in [1.54, 1.807) is 19.2 Å². The average molecular weight is 382 g/mol. The molecular formula is C22H26N2O4. The predicted octanol–water partition coefficient (Wildman–Crippen LogP) is 2.75. The van der Waals surface area contributed by atoms with Crippen molar-refractivity contribution in [3.8, 4) is 11.5 Å². The first-order valence-electron chi connectivity index (χ1n) is 9.74. The van der Waals surface area contributed by atoms with Gasteiger partial charge in [-0.3, -0.25) is 4.79 Å². The van der Waals surface area contributed by atoms with Gasteiger partial charge in [0.05, 0.1) is 26.2 Å². The van der Waals surface area contributed by atoms with Crippen LogP contribution in [0.5, 0.6) is 11.5 Å². The Morgan fingerprint density at radius 3 is 2.61 bits per heavy atom. The van der Waals surface area contributed by atoms with E-state index in [1.165, 1.54) is 0 Å². The van der Waals surface area contributed by atoms with Crippen molar-refractivity contribution >= 4 is 11.6 Å². The zero-order chi connectivity index (χ0) is 19.5. The lowest BCUT2D eigenvalue weighted by Crippen LogP contribution is -2.49. The first kappa shape index (κ1) is 18.6. The molecule has 4 rings (SSSR count). The van der Waals surface area contributed by atoms with Crippen LogP contribution in [0.4, 0.5) is 5.69 Å². The highest BCUT2D eigenvalue weighted by Crippen LogP contribution is 2.32. The molecule has 1 amide bonds. The quantitative estimate of drug-likeness (QED) is 0.881. The van der Waals surface area contributed by atoms with Crippen LogP contribution >= 0.6 is 0 Å². The van der Waals surface area contributed by atoms with Crippen molar-refractivity contribution in [2.24, 2.45) is 0 Å². The Kier molecular flexibility index (Phi) is 5.39. The Hall–Kier alpha value is -2.73. The van der Waals surface area contributed by atoms with E-state index in [1.807, 2.05) is 23.1 Å². The molecule has 2 aliphatic heterocycles. The van der Waals surface area contributed by atoms with Gasteiger partial charge < -0.3 is 24.4 Å². The maximum absolute atomic E-state index is 12.8. The summed E-state index contributed by atoms with van der Waals surface area (Å²) in [5.41, 5.74) is 3.25. The highest BCUT2D eigenvalue weighted by Gasteiger charge is 2.28. The van der Waals surface area contributed by atoms with Crippen molar-refractivity contribution in [2.75, 3.05) is 44.8 Å². The zero-order valence-electron chi connectivity index (χ0n) is 16.1. The average Bonchev–Trinajstić information content (AvgIpc) is 2.74. The topological polar surface area (TPSA) is 62.2 Å². The molecule has 0 aromatic heterocycles. The summed E-state index contributed by atoms with van der Waals surface area (Å²) in [5, 5.41) is 9.68. The Balaban J connectivity index is 1.34. The monoisotopic (exact) mass is 382 g/mol. The third-order valence-corrected chi connectivity index (χ3v) is 5.59. The molecular weight excluding hydrogens is 356 g/mol. The third-order valence-electron chi connectivity index (χ3n) is 5.59. The minimum atomic E-state index is -0.225. The summed E-state index contributed by atoms with van der Waals surface area (Å²) >= 11 is 0. The molecule has 1 atom stereocenters. The number of piperazine rings is 1. The lowest BCUT2D eigenvalue weighted by Gasteiger charge is -2.37. The van der Waals surface area contributed by atoms with Crippen LogP contribution in [0.2, 0.25) is 0 Å². The second-order valence-electron chi connectivity index (χ2n) is 7.26. The Morgan fingerprint density at radius 2 is 1.89 bits per heavy atom. The lowest BCUT2D eigenvalue weighted by atomic mass is 9.95. The van der Waals surface area contributed by atoms with Gasteiger partial charge in [0.15, 0.2) is 0 Å². The fraction of sp³-hybridized carbons (Fsp3) is 0.409. The molecule has 2 heterocycles. The molecule has 0 radical (unpaired) electrons. The maximum Gasteiger partial charge on any atom is 0.225 e. The van der Waals surface area contributed by atoms with Gasteiger partial charge in [0.1, 0.15) is 11.5 Å². The normalized spacial score (nSPS) is 19.2. The van der Waals surface area contributed by atoms with Gasteiger partial charge >= 0.3 is 0 Å². The molecule has 0 saturated carbocycles. The molecule has 1 fully saturated rings. The number of rotatable bonds is 4. The van der Waals surface area contributed by atoms with Crippen LogP contribution in [-0.2, 0) is 16.0 Å². The third kappa shape index (κ3) is 3.92. The van der Waals surface area contributed by atoms with Gasteiger partial charge in [-0.1, -0.05) is 6.07 Å². The Labute approximate surface area is 165 Å². The van der Waals surface area contributed by atoms with Gasteiger partial charge in [-0.15, -0.1) is 0 Å². The van der Waals surface area contributed by atoms with Crippen LogP contribution in [0.3, 0.4) is 0 Å². The number of hydrogen-bond acceptors (Lipinski definition) is 5. The number of nitrogens with zero attached hydrogens (tertiary/aromatic N) is 2. The summed E-state index contributed by atoms with van der Waals surface area (Å²) < 4.78 is 11.1. The number of methoxy groups -OCH3 is 1. The van der Waals surface area contributed by atoms with Crippen molar-refractivity contribution in [2.45, 2.75) is 18.9 Å². The number of amides is 1. The molecule has 2 aromatic carbocycles. The van der Waals surface area contributed by atoms with Crippen LogP contribution in [0.1, 0.15) is 23.7 Å². The van der Waals surface area contributed by atoms with Crippen molar-refractivity contribution in [1.82, 2.24) is 4.90 Å². The van der Waals surface area contributed by atoms with Crippen molar-refractivity contribution in [3.63, 3.8) is 0 Å². The van der Waals surface area contributed by atoms with Gasteiger partial charge in [0.2, 0.25) is 5.91 Å². The molecule has 6 heteroatoms. The number of carbonyl (C=O) groups is 1. The molecule has 148 valence electrons. The maximum atomic E-state index is 12.8. The number of ether oxygens (including phenoxy) is 2. The highest BCUT2D eigenvalue weighted by molar-refractivity contribution is 5.77. The highest BCUT2D eigenvalue weighted by atomic mass is 16.5. The molecule has 2 aliphatic rings. The molecule has 6 nitrogen and oxygen atoms in total. The number of carbonyl (C=O) groups excluding carboxylic acids is 1. The number of aromatic hydroxyl groups is 1. The molecule has 1 saturated heterocycles. The van der Waals surface area contributed by atoms with Gasteiger partial charge in [-0.05, 0) is 53.9 Å². The number of phenolic OH excluding ortho intramolecular Hbond substituents is 1. The SMILES string of the molecule is COc1ccc(N2CCN(C(=O)CC3OCCc4cc(O)ccc43)CC2)cc1. The number of anilines is 1. The molecule has 1 N–H and O–H groups in total. The second kappa shape index (κ2) is 8.10. The molecule has 0 aliphatic carbocycles. The summed E-state index contributed by atoms with van der Waals surface area (Å²) in [5.74, 6) is 1.24. The van der Waals surface area contributed by atoms with Crippen LogP contribution in [0, 0.1) is 0 Å². The Bertz CT molecular complexity index is 829. The Morgan fingerprint density at radius 1 is 1.14 bits per heavy atom. The minimum Gasteiger partial charge on any atom is -0.508 e. The van der Waals surface area contributed by atoms with Crippen molar-refractivity contribution in [1.29, 1.82) is 0 Å². The fourth-order valence-electron chi connectivity index (χ4n) is 3.99. The summed E-state index contributed by atoms with van der Waals surface area (Å²) in [6.07, 6.45) is 0.895. The van der Waals surface area contributed by atoms with E-state index in [9.17, 15) is 9.90 Å². The van der Waals surface area contributed by atoms with Crippen LogP contribution in [0.25, 0.3) is 0 Å². The number of hydrogen-bond donors (Lipinski definition) is 1. The molecule has 1 unspecified atom stereocenters. The summed E-state index contributed by atoms with van der Waals surface area (Å²) in [4.78, 5) is 17.0.